The summed E-state index contributed by atoms with van der Waals surface area (Å²) in [5.41, 5.74) is 8.84. The van der Waals surface area contributed by atoms with Crippen molar-refractivity contribution in [2.75, 3.05) is 15.9 Å². The predicted molar refractivity (Wildman–Crippen MR) is 114 cm³/mol. The fraction of sp³-hybridized carbons (Fsp3) is 0.400. The normalized spacial score (nSPS) is 18.3. The van der Waals surface area contributed by atoms with E-state index in [1.54, 1.807) is 18.2 Å². The van der Waals surface area contributed by atoms with Gasteiger partial charge in [0, 0.05) is 16.5 Å². The highest BCUT2D eigenvalue weighted by Gasteiger charge is 2.33. The summed E-state index contributed by atoms with van der Waals surface area (Å²) in [4.78, 5) is 26.0. The SMILES string of the molecule is C[C@@H]1Cc2cc(C(=O)Nc3sc4c(c3C(N)=O)CCCC4)ccc2N1S(C)(=O)=O. The highest BCUT2D eigenvalue weighted by molar-refractivity contribution is 7.92. The van der Waals surface area contributed by atoms with Crippen LogP contribution in [0, 0.1) is 0 Å². The molecule has 0 fully saturated rings. The monoisotopic (exact) mass is 433 g/mol. The number of nitrogens with two attached hydrogens (primary N) is 1. The average Bonchev–Trinajstić information content (AvgIpc) is 3.16. The van der Waals surface area contributed by atoms with Crippen LogP contribution in [0.1, 0.15) is 56.5 Å². The lowest BCUT2D eigenvalue weighted by Gasteiger charge is -2.21. The zero-order chi connectivity index (χ0) is 20.9. The summed E-state index contributed by atoms with van der Waals surface area (Å²) >= 11 is 1.42. The third kappa shape index (κ3) is 3.53. The number of carbonyl (C=O) groups excluding carboxylic acids is 2. The second kappa shape index (κ2) is 7.14. The fourth-order valence-electron chi connectivity index (χ4n) is 4.34. The summed E-state index contributed by atoms with van der Waals surface area (Å²) in [7, 11) is -3.38. The Morgan fingerprint density at radius 1 is 1.24 bits per heavy atom. The van der Waals surface area contributed by atoms with E-state index in [4.69, 9.17) is 5.73 Å². The Balaban J connectivity index is 1.64. The van der Waals surface area contributed by atoms with Crippen molar-refractivity contribution in [1.82, 2.24) is 0 Å². The second-order valence-electron chi connectivity index (χ2n) is 7.69. The van der Waals surface area contributed by atoms with Crippen LogP contribution in [0.5, 0.6) is 0 Å². The molecule has 2 heterocycles. The average molecular weight is 434 g/mol. The van der Waals surface area contributed by atoms with Gasteiger partial charge in [-0.3, -0.25) is 13.9 Å². The molecule has 0 radical (unpaired) electrons. The van der Waals surface area contributed by atoms with Crippen molar-refractivity contribution < 1.29 is 18.0 Å². The minimum Gasteiger partial charge on any atom is -0.365 e. The zero-order valence-electron chi connectivity index (χ0n) is 16.3. The lowest BCUT2D eigenvalue weighted by atomic mass is 9.95. The molecule has 4 rings (SSSR count). The largest absolute Gasteiger partial charge is 0.365 e. The van der Waals surface area contributed by atoms with Gasteiger partial charge in [-0.15, -0.1) is 11.3 Å². The number of amides is 2. The van der Waals surface area contributed by atoms with E-state index >= 15 is 0 Å². The van der Waals surface area contributed by atoms with E-state index in [1.165, 1.54) is 21.9 Å². The Morgan fingerprint density at radius 3 is 2.66 bits per heavy atom. The first kappa shape index (κ1) is 19.9. The fourth-order valence-corrected chi connectivity index (χ4v) is 6.89. The van der Waals surface area contributed by atoms with Crippen LogP contribution in [0.4, 0.5) is 10.7 Å². The molecule has 2 aliphatic rings. The van der Waals surface area contributed by atoms with E-state index in [2.05, 4.69) is 5.32 Å². The molecule has 9 heteroatoms. The van der Waals surface area contributed by atoms with Crippen molar-refractivity contribution in [3.05, 3.63) is 45.3 Å². The van der Waals surface area contributed by atoms with Gasteiger partial charge in [0.05, 0.1) is 17.5 Å². The lowest BCUT2D eigenvalue weighted by Crippen LogP contribution is -2.34. The molecule has 7 nitrogen and oxygen atoms in total. The maximum absolute atomic E-state index is 12.9. The third-order valence-electron chi connectivity index (χ3n) is 5.50. The molecule has 1 aromatic carbocycles. The first-order chi connectivity index (χ1) is 13.7. The number of primary amides is 1. The van der Waals surface area contributed by atoms with Crippen LogP contribution in [0.3, 0.4) is 0 Å². The van der Waals surface area contributed by atoms with Crippen LogP contribution >= 0.6 is 11.3 Å². The number of hydrogen-bond acceptors (Lipinski definition) is 5. The summed E-state index contributed by atoms with van der Waals surface area (Å²) in [5, 5.41) is 3.36. The summed E-state index contributed by atoms with van der Waals surface area (Å²) in [6.07, 6.45) is 5.51. The van der Waals surface area contributed by atoms with Crippen LogP contribution in [0.15, 0.2) is 18.2 Å². The first-order valence-electron chi connectivity index (χ1n) is 9.55. The molecule has 1 aromatic heterocycles. The standard InChI is InChI=1S/C20H23N3O4S2/c1-11-9-13-10-12(7-8-15(13)23(11)29(2,26)27)19(25)22-20-17(18(21)24)14-5-3-4-6-16(14)28-20/h7-8,10-11H,3-6,9H2,1-2H3,(H2,21,24)(H,22,25)/t11-/m1/s1. The van der Waals surface area contributed by atoms with E-state index in [9.17, 15) is 18.0 Å². The molecule has 0 spiro atoms. The van der Waals surface area contributed by atoms with Gasteiger partial charge in [0.2, 0.25) is 10.0 Å². The molecular formula is C20H23N3O4S2. The van der Waals surface area contributed by atoms with E-state index in [1.807, 2.05) is 6.92 Å². The number of aryl methyl sites for hydroxylation is 1. The second-order valence-corrected chi connectivity index (χ2v) is 10.7. The highest BCUT2D eigenvalue weighted by atomic mass is 32.2. The van der Waals surface area contributed by atoms with E-state index in [0.29, 0.717) is 28.2 Å². The number of benzene rings is 1. The van der Waals surface area contributed by atoms with Gasteiger partial charge in [0.25, 0.3) is 11.8 Å². The molecule has 1 aliphatic carbocycles. The van der Waals surface area contributed by atoms with Gasteiger partial charge >= 0.3 is 0 Å². The summed E-state index contributed by atoms with van der Waals surface area (Å²) in [6, 6.07) is 4.82. The van der Waals surface area contributed by atoms with E-state index < -0.39 is 15.9 Å². The molecule has 154 valence electrons. The minimum absolute atomic E-state index is 0.191. The number of fused-ring (bicyclic) bond motifs is 2. The number of rotatable bonds is 4. The Bertz CT molecular complexity index is 1120. The number of nitrogens with one attached hydrogen (secondary N) is 1. The molecule has 0 saturated heterocycles. The van der Waals surface area contributed by atoms with Crippen molar-refractivity contribution in [1.29, 1.82) is 0 Å². The van der Waals surface area contributed by atoms with Crippen molar-refractivity contribution >= 4 is 43.9 Å². The summed E-state index contributed by atoms with van der Waals surface area (Å²) < 4.78 is 25.5. The summed E-state index contributed by atoms with van der Waals surface area (Å²) in [5.74, 6) is -0.856. The topological polar surface area (TPSA) is 110 Å². The van der Waals surface area contributed by atoms with Crippen molar-refractivity contribution in [2.24, 2.45) is 5.73 Å². The molecule has 0 bridgehead atoms. The molecule has 2 aromatic rings. The Hall–Kier alpha value is -2.39. The maximum atomic E-state index is 12.9. The van der Waals surface area contributed by atoms with Crippen molar-refractivity contribution in [3.63, 3.8) is 0 Å². The number of thiophene rings is 1. The Kier molecular flexibility index (Phi) is 4.90. The number of sulfonamides is 1. The smallest absolute Gasteiger partial charge is 0.256 e. The van der Waals surface area contributed by atoms with Gasteiger partial charge in [0.1, 0.15) is 5.00 Å². The Labute approximate surface area is 174 Å². The molecular weight excluding hydrogens is 410 g/mol. The predicted octanol–water partition coefficient (Wildman–Crippen LogP) is 2.69. The highest BCUT2D eigenvalue weighted by Crippen LogP contribution is 2.39. The number of hydrogen-bond donors (Lipinski definition) is 2. The first-order valence-corrected chi connectivity index (χ1v) is 12.2. The number of carbonyl (C=O) groups is 2. The van der Waals surface area contributed by atoms with Crippen molar-refractivity contribution in [2.45, 2.75) is 45.1 Å². The van der Waals surface area contributed by atoms with Gasteiger partial charge < -0.3 is 11.1 Å². The lowest BCUT2D eigenvalue weighted by molar-refractivity contribution is 0.100. The molecule has 29 heavy (non-hydrogen) atoms. The van der Waals surface area contributed by atoms with Crippen LogP contribution in [-0.2, 0) is 29.3 Å². The number of nitrogens with zero attached hydrogens (tertiary/aromatic N) is 1. The van der Waals surface area contributed by atoms with Crippen LogP contribution in [0.2, 0.25) is 0 Å². The summed E-state index contributed by atoms with van der Waals surface area (Å²) in [6.45, 7) is 1.84. The van der Waals surface area contributed by atoms with Gasteiger partial charge in [-0.05, 0) is 68.4 Å². The number of anilines is 2. The minimum atomic E-state index is -3.38. The van der Waals surface area contributed by atoms with E-state index in [0.717, 1.165) is 41.7 Å². The molecule has 1 aliphatic heterocycles. The van der Waals surface area contributed by atoms with Gasteiger partial charge in [-0.1, -0.05) is 0 Å². The Morgan fingerprint density at radius 2 is 1.97 bits per heavy atom. The molecule has 0 unspecified atom stereocenters. The maximum Gasteiger partial charge on any atom is 0.256 e. The molecule has 0 saturated carbocycles. The molecule has 1 atom stereocenters. The van der Waals surface area contributed by atoms with Crippen LogP contribution < -0.4 is 15.4 Å². The molecule has 3 N–H and O–H groups in total. The van der Waals surface area contributed by atoms with Gasteiger partial charge in [-0.2, -0.15) is 0 Å². The third-order valence-corrected chi connectivity index (χ3v) is 7.98. The van der Waals surface area contributed by atoms with Crippen LogP contribution in [-0.4, -0.2) is 32.5 Å². The van der Waals surface area contributed by atoms with E-state index in [-0.39, 0.29) is 11.9 Å². The van der Waals surface area contributed by atoms with Gasteiger partial charge in [0.15, 0.2) is 0 Å². The molecule has 2 amide bonds. The zero-order valence-corrected chi connectivity index (χ0v) is 18.0. The van der Waals surface area contributed by atoms with Gasteiger partial charge in [-0.25, -0.2) is 8.42 Å². The quantitative estimate of drug-likeness (QED) is 0.772. The van der Waals surface area contributed by atoms with Crippen LogP contribution in [0.25, 0.3) is 0 Å². The van der Waals surface area contributed by atoms with Crippen molar-refractivity contribution in [3.8, 4) is 0 Å².